The summed E-state index contributed by atoms with van der Waals surface area (Å²) in [6.45, 7) is 1.87. The molecule has 0 saturated carbocycles. The van der Waals surface area contributed by atoms with Crippen LogP contribution in [0, 0.1) is 6.92 Å². The van der Waals surface area contributed by atoms with Gasteiger partial charge in [0.1, 0.15) is 0 Å². The van der Waals surface area contributed by atoms with Crippen molar-refractivity contribution in [2.45, 2.75) is 6.92 Å². The first kappa shape index (κ1) is 13.6. The first-order valence-corrected chi connectivity index (χ1v) is 7.13. The lowest BCUT2D eigenvalue weighted by molar-refractivity contribution is 0.609. The van der Waals surface area contributed by atoms with Crippen molar-refractivity contribution >= 4 is 17.0 Å². The highest BCUT2D eigenvalue weighted by molar-refractivity contribution is 5.77. The first-order valence-electron chi connectivity index (χ1n) is 7.13. The molecule has 4 rings (SSSR count). The van der Waals surface area contributed by atoms with Gasteiger partial charge in [-0.2, -0.15) is 4.98 Å². The van der Waals surface area contributed by atoms with Crippen molar-refractivity contribution in [1.82, 2.24) is 18.5 Å². The summed E-state index contributed by atoms with van der Waals surface area (Å²) in [5.74, 6) is 0.959. The SMILES string of the molecule is Cc1c(-c2ccccc2)oc2nc3c(c(=O)n(C)c(=O)n3C)n12. The predicted molar refractivity (Wildman–Crippen MR) is 85.6 cm³/mol. The van der Waals surface area contributed by atoms with E-state index in [9.17, 15) is 9.59 Å². The maximum absolute atomic E-state index is 12.5. The second kappa shape index (κ2) is 4.45. The minimum Gasteiger partial charge on any atom is -0.423 e. The topological polar surface area (TPSA) is 74.4 Å². The highest BCUT2D eigenvalue weighted by Crippen LogP contribution is 2.28. The number of imidazole rings is 1. The molecule has 0 aliphatic carbocycles. The lowest BCUT2D eigenvalue weighted by atomic mass is 10.1. The Balaban J connectivity index is 2.19. The van der Waals surface area contributed by atoms with Gasteiger partial charge < -0.3 is 4.42 Å². The number of hydrogen-bond acceptors (Lipinski definition) is 4. The molecule has 7 nitrogen and oxygen atoms in total. The highest BCUT2D eigenvalue weighted by Gasteiger charge is 2.21. The Bertz CT molecular complexity index is 1180. The van der Waals surface area contributed by atoms with Crippen molar-refractivity contribution in [2.24, 2.45) is 14.1 Å². The van der Waals surface area contributed by atoms with Crippen molar-refractivity contribution in [2.75, 3.05) is 0 Å². The fourth-order valence-electron chi connectivity index (χ4n) is 2.88. The molecular formula is C16H14N4O3. The van der Waals surface area contributed by atoms with Crippen molar-refractivity contribution in [3.8, 4) is 11.3 Å². The van der Waals surface area contributed by atoms with Crippen LogP contribution >= 0.6 is 0 Å². The van der Waals surface area contributed by atoms with Crippen LogP contribution in [0.5, 0.6) is 0 Å². The zero-order valence-corrected chi connectivity index (χ0v) is 12.9. The lowest BCUT2D eigenvalue weighted by Crippen LogP contribution is -2.37. The Kier molecular flexibility index (Phi) is 2.63. The number of fused-ring (bicyclic) bond motifs is 3. The highest BCUT2D eigenvalue weighted by atomic mass is 16.4. The normalized spacial score (nSPS) is 11.6. The van der Waals surface area contributed by atoms with Crippen molar-refractivity contribution in [1.29, 1.82) is 0 Å². The molecule has 0 aliphatic rings. The predicted octanol–water partition coefficient (Wildman–Crippen LogP) is 1.45. The van der Waals surface area contributed by atoms with E-state index in [0.29, 0.717) is 22.8 Å². The maximum Gasteiger partial charge on any atom is 0.332 e. The Labute approximate surface area is 130 Å². The summed E-state index contributed by atoms with van der Waals surface area (Å²) in [5, 5.41) is 0. The largest absolute Gasteiger partial charge is 0.423 e. The molecule has 116 valence electrons. The summed E-state index contributed by atoms with van der Waals surface area (Å²) in [4.78, 5) is 28.9. The molecule has 0 radical (unpaired) electrons. The van der Waals surface area contributed by atoms with E-state index in [1.165, 1.54) is 11.6 Å². The summed E-state index contributed by atoms with van der Waals surface area (Å²) < 4.78 is 9.94. The van der Waals surface area contributed by atoms with Gasteiger partial charge in [-0.3, -0.25) is 18.3 Å². The summed E-state index contributed by atoms with van der Waals surface area (Å²) in [7, 11) is 3.04. The Morgan fingerprint density at radius 3 is 2.43 bits per heavy atom. The number of benzene rings is 1. The second-order valence-electron chi connectivity index (χ2n) is 5.49. The van der Waals surface area contributed by atoms with E-state index >= 15 is 0 Å². The molecule has 0 fully saturated rings. The Morgan fingerprint density at radius 1 is 1.04 bits per heavy atom. The molecule has 23 heavy (non-hydrogen) atoms. The van der Waals surface area contributed by atoms with Crippen molar-refractivity contribution in [3.63, 3.8) is 0 Å². The van der Waals surface area contributed by atoms with E-state index in [1.54, 1.807) is 11.4 Å². The number of nitrogens with zero attached hydrogens (tertiary/aromatic N) is 4. The molecule has 4 aromatic rings. The fourth-order valence-corrected chi connectivity index (χ4v) is 2.88. The number of oxazole rings is 1. The molecular weight excluding hydrogens is 296 g/mol. The van der Waals surface area contributed by atoms with Gasteiger partial charge in [-0.1, -0.05) is 30.3 Å². The molecule has 3 aromatic heterocycles. The van der Waals surface area contributed by atoms with Crippen molar-refractivity contribution < 1.29 is 4.42 Å². The first-order chi connectivity index (χ1) is 11.0. The van der Waals surface area contributed by atoms with Gasteiger partial charge in [-0.25, -0.2) is 4.79 Å². The third kappa shape index (κ3) is 1.67. The zero-order chi connectivity index (χ0) is 16.3. The molecule has 0 saturated heterocycles. The molecule has 3 heterocycles. The van der Waals surface area contributed by atoms with Crippen LogP contribution in [-0.4, -0.2) is 18.5 Å². The van der Waals surface area contributed by atoms with Crippen LogP contribution in [0.25, 0.3) is 28.3 Å². The van der Waals surface area contributed by atoms with Gasteiger partial charge in [0.25, 0.3) is 5.56 Å². The molecule has 0 amide bonds. The van der Waals surface area contributed by atoms with Gasteiger partial charge in [-0.05, 0) is 6.92 Å². The molecule has 0 N–H and O–H groups in total. The van der Waals surface area contributed by atoms with Crippen LogP contribution in [0.1, 0.15) is 5.69 Å². The Morgan fingerprint density at radius 2 is 1.74 bits per heavy atom. The van der Waals surface area contributed by atoms with Gasteiger partial charge >= 0.3 is 11.5 Å². The number of rotatable bonds is 1. The van der Waals surface area contributed by atoms with Crippen LogP contribution in [0.4, 0.5) is 0 Å². The molecule has 0 spiro atoms. The molecule has 0 atom stereocenters. The lowest BCUT2D eigenvalue weighted by Gasteiger charge is -2.03. The summed E-state index contributed by atoms with van der Waals surface area (Å²) in [5.41, 5.74) is 1.53. The monoisotopic (exact) mass is 310 g/mol. The van der Waals surface area contributed by atoms with E-state index in [0.717, 1.165) is 15.8 Å². The third-order valence-electron chi connectivity index (χ3n) is 4.12. The molecule has 1 aromatic carbocycles. The van der Waals surface area contributed by atoms with Gasteiger partial charge in [0.2, 0.25) is 0 Å². The van der Waals surface area contributed by atoms with Crippen LogP contribution in [-0.2, 0) is 14.1 Å². The maximum atomic E-state index is 12.5. The van der Waals surface area contributed by atoms with E-state index in [-0.39, 0.29) is 5.56 Å². The number of aromatic nitrogens is 4. The van der Waals surface area contributed by atoms with E-state index in [2.05, 4.69) is 4.98 Å². The molecule has 0 bridgehead atoms. The van der Waals surface area contributed by atoms with Gasteiger partial charge in [0.15, 0.2) is 16.9 Å². The smallest absolute Gasteiger partial charge is 0.332 e. The summed E-state index contributed by atoms with van der Waals surface area (Å²) >= 11 is 0. The third-order valence-corrected chi connectivity index (χ3v) is 4.12. The van der Waals surface area contributed by atoms with E-state index in [4.69, 9.17) is 4.42 Å². The summed E-state index contributed by atoms with van der Waals surface area (Å²) in [6.07, 6.45) is 0. The van der Waals surface area contributed by atoms with E-state index in [1.807, 2.05) is 37.3 Å². The zero-order valence-electron chi connectivity index (χ0n) is 12.9. The standard InChI is InChI=1S/C16H14N4O3/c1-9-12(10-7-5-4-6-8-10)23-15-17-13-11(20(9)15)14(21)19(3)16(22)18(13)2/h4-8H,1-3H3. The average Bonchev–Trinajstić information content (AvgIpc) is 3.09. The van der Waals surface area contributed by atoms with E-state index < -0.39 is 5.69 Å². The van der Waals surface area contributed by atoms with Gasteiger partial charge in [0, 0.05) is 19.7 Å². The quantitative estimate of drug-likeness (QED) is 0.533. The van der Waals surface area contributed by atoms with Gasteiger partial charge in [-0.15, -0.1) is 0 Å². The summed E-state index contributed by atoms with van der Waals surface area (Å²) in [6, 6.07) is 9.62. The number of hydrogen-bond donors (Lipinski definition) is 0. The van der Waals surface area contributed by atoms with Crippen molar-refractivity contribution in [3.05, 3.63) is 56.9 Å². The number of aryl methyl sites for hydroxylation is 2. The van der Waals surface area contributed by atoms with Crippen LogP contribution < -0.4 is 11.2 Å². The average molecular weight is 310 g/mol. The molecule has 7 heteroatoms. The Hall–Kier alpha value is -3.09. The van der Waals surface area contributed by atoms with Crippen LogP contribution in [0.2, 0.25) is 0 Å². The minimum absolute atomic E-state index is 0.301. The fraction of sp³-hybridized carbons (Fsp3) is 0.188. The van der Waals surface area contributed by atoms with Crippen LogP contribution in [0.15, 0.2) is 44.3 Å². The molecule has 0 aliphatic heterocycles. The van der Waals surface area contributed by atoms with Gasteiger partial charge in [0.05, 0.1) is 5.69 Å². The second-order valence-corrected chi connectivity index (χ2v) is 5.49. The molecule has 0 unspecified atom stereocenters. The minimum atomic E-state index is -0.413. The van der Waals surface area contributed by atoms with Crippen LogP contribution in [0.3, 0.4) is 0 Å².